The lowest BCUT2D eigenvalue weighted by Crippen LogP contribution is -2.14. The average molecular weight is 238 g/mol. The maximum absolute atomic E-state index is 9.96. The Kier molecular flexibility index (Phi) is 4.43. The van der Waals surface area contributed by atoms with Gasteiger partial charge in [-0.15, -0.1) is 11.3 Å². The molecule has 1 aliphatic rings. The second-order valence-electron chi connectivity index (χ2n) is 4.15. The zero-order valence-corrected chi connectivity index (χ0v) is 10.2. The summed E-state index contributed by atoms with van der Waals surface area (Å²) in [7, 11) is 0. The predicted molar refractivity (Wildman–Crippen MR) is 66.5 cm³/mol. The molecule has 1 aliphatic heterocycles. The van der Waals surface area contributed by atoms with Gasteiger partial charge in [-0.25, -0.2) is 0 Å². The number of thiophene rings is 1. The van der Waals surface area contributed by atoms with Gasteiger partial charge in [0.25, 0.3) is 0 Å². The molecule has 2 rings (SSSR count). The molecule has 2 nitrogen and oxygen atoms in total. The van der Waals surface area contributed by atoms with Crippen LogP contribution in [0.4, 0.5) is 0 Å². The standard InChI is InChI=1S/C13H18O2S/c14-13(11-4-2-8-15-10-11)7-1-5-12-6-3-9-16-12/h3,6,9-10,13-14H,1-2,4-5,7-8H2. The average Bonchev–Trinajstić information content (AvgIpc) is 2.83. The molecule has 16 heavy (non-hydrogen) atoms. The van der Waals surface area contributed by atoms with Gasteiger partial charge < -0.3 is 9.84 Å². The lowest BCUT2D eigenvalue weighted by Gasteiger charge is -2.18. The lowest BCUT2D eigenvalue weighted by atomic mass is 10.00. The molecule has 0 fully saturated rings. The largest absolute Gasteiger partial charge is 0.501 e. The highest BCUT2D eigenvalue weighted by Gasteiger charge is 2.13. The van der Waals surface area contributed by atoms with Gasteiger partial charge in [0.1, 0.15) is 0 Å². The molecule has 3 heteroatoms. The first-order chi connectivity index (χ1) is 7.86. The first-order valence-electron chi connectivity index (χ1n) is 5.87. The molecule has 0 saturated carbocycles. The summed E-state index contributed by atoms with van der Waals surface area (Å²) in [5.74, 6) is 0. The van der Waals surface area contributed by atoms with E-state index in [1.54, 1.807) is 17.6 Å². The maximum Gasteiger partial charge on any atom is 0.0876 e. The highest BCUT2D eigenvalue weighted by Crippen LogP contribution is 2.20. The van der Waals surface area contributed by atoms with Crippen LogP contribution in [0.15, 0.2) is 29.3 Å². The van der Waals surface area contributed by atoms with Gasteiger partial charge in [-0.05, 0) is 49.1 Å². The molecule has 0 bridgehead atoms. The van der Waals surface area contributed by atoms with E-state index >= 15 is 0 Å². The Morgan fingerprint density at radius 1 is 1.50 bits per heavy atom. The number of hydrogen-bond acceptors (Lipinski definition) is 3. The van der Waals surface area contributed by atoms with E-state index in [9.17, 15) is 5.11 Å². The third-order valence-corrected chi connectivity index (χ3v) is 3.81. The monoisotopic (exact) mass is 238 g/mol. The molecule has 1 atom stereocenters. The van der Waals surface area contributed by atoms with E-state index in [4.69, 9.17) is 4.74 Å². The first kappa shape index (κ1) is 11.7. The van der Waals surface area contributed by atoms with Crippen LogP contribution >= 0.6 is 11.3 Å². The Labute approximate surface area is 101 Å². The van der Waals surface area contributed by atoms with Crippen LogP contribution in [0.1, 0.15) is 30.6 Å². The van der Waals surface area contributed by atoms with Gasteiger partial charge in [-0.1, -0.05) is 6.07 Å². The van der Waals surface area contributed by atoms with Crippen molar-refractivity contribution < 1.29 is 9.84 Å². The topological polar surface area (TPSA) is 29.5 Å². The summed E-state index contributed by atoms with van der Waals surface area (Å²) >= 11 is 1.79. The second-order valence-corrected chi connectivity index (χ2v) is 5.19. The number of hydrogen-bond donors (Lipinski definition) is 1. The van der Waals surface area contributed by atoms with Crippen molar-refractivity contribution in [3.63, 3.8) is 0 Å². The van der Waals surface area contributed by atoms with Crippen LogP contribution < -0.4 is 0 Å². The van der Waals surface area contributed by atoms with Crippen molar-refractivity contribution in [3.8, 4) is 0 Å². The molecule has 0 amide bonds. The molecular formula is C13H18O2S. The molecule has 1 N–H and O–H groups in total. The lowest BCUT2D eigenvalue weighted by molar-refractivity contribution is 0.160. The molecule has 1 unspecified atom stereocenters. The van der Waals surface area contributed by atoms with Crippen molar-refractivity contribution in [2.24, 2.45) is 0 Å². The number of ether oxygens (including phenoxy) is 1. The van der Waals surface area contributed by atoms with Crippen LogP contribution in [-0.2, 0) is 11.2 Å². The van der Waals surface area contributed by atoms with Crippen molar-refractivity contribution in [1.29, 1.82) is 0 Å². The summed E-state index contributed by atoms with van der Waals surface area (Å²) in [6.07, 6.45) is 6.42. The Hall–Kier alpha value is -0.800. The summed E-state index contributed by atoms with van der Waals surface area (Å²) < 4.78 is 5.24. The fourth-order valence-electron chi connectivity index (χ4n) is 1.94. The molecule has 1 aromatic heterocycles. The SMILES string of the molecule is OC(CCCc1cccs1)C1=COCCC1. The van der Waals surface area contributed by atoms with Crippen molar-refractivity contribution in [3.05, 3.63) is 34.2 Å². The van der Waals surface area contributed by atoms with Crippen LogP contribution in [0, 0.1) is 0 Å². The molecule has 0 aliphatic carbocycles. The summed E-state index contributed by atoms with van der Waals surface area (Å²) in [5.41, 5.74) is 1.07. The van der Waals surface area contributed by atoms with E-state index in [0.717, 1.165) is 44.3 Å². The predicted octanol–water partition coefficient (Wildman–Crippen LogP) is 3.13. The Morgan fingerprint density at radius 3 is 3.12 bits per heavy atom. The van der Waals surface area contributed by atoms with Crippen LogP contribution in [0.3, 0.4) is 0 Å². The summed E-state index contributed by atoms with van der Waals surface area (Å²) in [6.45, 7) is 0.797. The van der Waals surface area contributed by atoms with E-state index in [1.165, 1.54) is 4.88 Å². The van der Waals surface area contributed by atoms with Gasteiger partial charge in [0.15, 0.2) is 0 Å². The third-order valence-electron chi connectivity index (χ3n) is 2.87. The molecule has 1 aromatic rings. The van der Waals surface area contributed by atoms with Crippen molar-refractivity contribution >= 4 is 11.3 Å². The van der Waals surface area contributed by atoms with Crippen LogP contribution in [-0.4, -0.2) is 17.8 Å². The second kappa shape index (κ2) is 6.06. The molecular weight excluding hydrogens is 220 g/mol. The van der Waals surface area contributed by atoms with E-state index in [2.05, 4.69) is 17.5 Å². The van der Waals surface area contributed by atoms with Gasteiger partial charge in [0.05, 0.1) is 19.0 Å². The maximum atomic E-state index is 9.96. The quantitative estimate of drug-likeness (QED) is 0.854. The van der Waals surface area contributed by atoms with Crippen molar-refractivity contribution in [2.45, 2.75) is 38.2 Å². The molecule has 0 saturated heterocycles. The van der Waals surface area contributed by atoms with Crippen LogP contribution in [0.5, 0.6) is 0 Å². The zero-order valence-electron chi connectivity index (χ0n) is 9.39. The highest BCUT2D eigenvalue weighted by atomic mass is 32.1. The van der Waals surface area contributed by atoms with Gasteiger partial charge in [-0.3, -0.25) is 0 Å². The fourth-order valence-corrected chi connectivity index (χ4v) is 2.69. The van der Waals surface area contributed by atoms with E-state index in [-0.39, 0.29) is 6.10 Å². The number of aryl methyl sites for hydroxylation is 1. The normalized spacial score (nSPS) is 17.7. The van der Waals surface area contributed by atoms with Crippen LogP contribution in [0.25, 0.3) is 0 Å². The van der Waals surface area contributed by atoms with Gasteiger partial charge >= 0.3 is 0 Å². The number of aliphatic hydroxyl groups is 1. The highest BCUT2D eigenvalue weighted by molar-refractivity contribution is 7.09. The van der Waals surface area contributed by atoms with E-state index < -0.39 is 0 Å². The van der Waals surface area contributed by atoms with Crippen molar-refractivity contribution in [2.75, 3.05) is 6.61 Å². The minimum Gasteiger partial charge on any atom is -0.501 e. The number of aliphatic hydroxyl groups excluding tert-OH is 1. The fraction of sp³-hybridized carbons (Fsp3) is 0.538. The van der Waals surface area contributed by atoms with Gasteiger partial charge in [0.2, 0.25) is 0 Å². The Bertz CT molecular complexity index is 330. The Balaban J connectivity index is 1.71. The first-order valence-corrected chi connectivity index (χ1v) is 6.75. The minimum atomic E-state index is -0.305. The summed E-state index contributed by atoms with van der Waals surface area (Å²) in [5, 5.41) is 12.1. The molecule has 88 valence electrons. The Morgan fingerprint density at radius 2 is 2.44 bits per heavy atom. The molecule has 0 aromatic carbocycles. The van der Waals surface area contributed by atoms with Crippen molar-refractivity contribution in [1.82, 2.24) is 0 Å². The van der Waals surface area contributed by atoms with E-state index in [1.807, 2.05) is 0 Å². The van der Waals surface area contributed by atoms with E-state index in [0.29, 0.717) is 0 Å². The van der Waals surface area contributed by atoms with Gasteiger partial charge in [0, 0.05) is 4.88 Å². The molecule has 2 heterocycles. The van der Waals surface area contributed by atoms with Crippen LogP contribution in [0.2, 0.25) is 0 Å². The number of rotatable bonds is 5. The summed E-state index contributed by atoms with van der Waals surface area (Å²) in [6, 6.07) is 4.23. The molecule has 0 radical (unpaired) electrons. The minimum absolute atomic E-state index is 0.305. The zero-order chi connectivity index (χ0) is 11.2. The summed E-state index contributed by atoms with van der Waals surface area (Å²) in [4.78, 5) is 1.40. The smallest absolute Gasteiger partial charge is 0.0876 e. The molecule has 0 spiro atoms. The van der Waals surface area contributed by atoms with Gasteiger partial charge in [-0.2, -0.15) is 0 Å². The third kappa shape index (κ3) is 3.35.